The summed E-state index contributed by atoms with van der Waals surface area (Å²) < 4.78 is 0. The average molecular weight is 321 g/mol. The Labute approximate surface area is 149 Å². The predicted molar refractivity (Wildman–Crippen MR) is 115 cm³/mol. The van der Waals surface area contributed by atoms with Crippen LogP contribution in [0.1, 0.15) is 19.4 Å². The number of benzene rings is 2. The Balaban J connectivity index is -0.000000248. The van der Waals surface area contributed by atoms with Crippen LogP contribution in [-0.4, -0.2) is 0 Å². The quantitative estimate of drug-likeness (QED) is 0.392. The van der Waals surface area contributed by atoms with Gasteiger partial charge in [0.25, 0.3) is 0 Å². The molecule has 0 nitrogen and oxygen atoms in total. The van der Waals surface area contributed by atoms with Gasteiger partial charge >= 0.3 is 0 Å². The zero-order valence-corrected chi connectivity index (χ0v) is 15.3. The topological polar surface area (TPSA) is 0 Å². The van der Waals surface area contributed by atoms with Crippen molar-refractivity contribution in [3.8, 4) is 0 Å². The lowest BCUT2D eigenvalue weighted by Crippen LogP contribution is -1.63. The van der Waals surface area contributed by atoms with Crippen molar-refractivity contribution in [3.05, 3.63) is 129 Å². The number of allylic oxidation sites excluding steroid dienone is 3. The molecule has 24 heavy (non-hydrogen) atoms. The molecule has 0 heterocycles. The number of rotatable bonds is 2. The van der Waals surface area contributed by atoms with Crippen LogP contribution in [0.4, 0.5) is 0 Å². The molecule has 0 aliphatic heterocycles. The van der Waals surface area contributed by atoms with E-state index in [1.807, 2.05) is 86.7 Å². The Morgan fingerprint density at radius 3 is 1.08 bits per heavy atom. The minimum atomic E-state index is 1.17. The van der Waals surface area contributed by atoms with Crippen LogP contribution >= 0.6 is 0 Å². The molecule has 0 saturated carbocycles. The molecule has 2 aromatic rings. The van der Waals surface area contributed by atoms with E-state index >= 15 is 0 Å². The summed E-state index contributed by atoms with van der Waals surface area (Å²) in [5.74, 6) is 0. The van der Waals surface area contributed by atoms with E-state index in [9.17, 15) is 0 Å². The lowest BCUT2D eigenvalue weighted by molar-refractivity contribution is 1.42. The van der Waals surface area contributed by atoms with Crippen LogP contribution in [-0.2, 0) is 0 Å². The first-order valence-electron chi connectivity index (χ1n) is 7.61. The van der Waals surface area contributed by atoms with Gasteiger partial charge in [-0.05, 0) is 19.4 Å². The van der Waals surface area contributed by atoms with Crippen molar-refractivity contribution in [2.24, 2.45) is 0 Å². The van der Waals surface area contributed by atoms with E-state index in [1.165, 1.54) is 11.1 Å². The molecule has 0 unspecified atom stereocenters. The van der Waals surface area contributed by atoms with Gasteiger partial charge in [-0.1, -0.05) is 110 Å². The van der Waals surface area contributed by atoms with Gasteiger partial charge in [-0.2, -0.15) is 0 Å². The Kier molecular flexibility index (Phi) is 27.3. The molecule has 0 radical (unpaired) electrons. The molecule has 0 aromatic heterocycles. The van der Waals surface area contributed by atoms with E-state index in [1.54, 1.807) is 12.2 Å². The molecule has 2 aromatic carbocycles. The summed E-state index contributed by atoms with van der Waals surface area (Å²) in [5.41, 5.74) is 2.34. The molecular weight excluding hydrogens is 288 g/mol. The van der Waals surface area contributed by atoms with Crippen LogP contribution in [0.3, 0.4) is 0 Å². The molecule has 0 spiro atoms. The zero-order valence-electron chi connectivity index (χ0n) is 15.3. The van der Waals surface area contributed by atoms with Gasteiger partial charge in [-0.3, -0.25) is 0 Å². The molecule has 0 N–H and O–H groups in total. The molecule has 0 heteroatoms. The van der Waals surface area contributed by atoms with Gasteiger partial charge in [0.1, 0.15) is 0 Å². The Bertz CT molecular complexity index is 470. The first-order chi connectivity index (χ1) is 11.6. The minimum absolute atomic E-state index is 1.17. The van der Waals surface area contributed by atoms with Crippen LogP contribution in [0.2, 0.25) is 0 Å². The number of hydrogen-bond acceptors (Lipinski definition) is 0. The third-order valence-electron chi connectivity index (χ3n) is 1.87. The van der Waals surface area contributed by atoms with Crippen molar-refractivity contribution in [2.45, 2.75) is 13.8 Å². The van der Waals surface area contributed by atoms with Gasteiger partial charge in [-0.15, -0.1) is 19.7 Å². The minimum Gasteiger partial charge on any atom is -0.106 e. The molecule has 0 saturated heterocycles. The summed E-state index contributed by atoms with van der Waals surface area (Å²) in [6, 6.07) is 22.0. The molecule has 0 aliphatic rings. The Morgan fingerprint density at radius 2 is 0.917 bits per heavy atom. The second-order valence-electron chi connectivity index (χ2n) is 4.45. The Morgan fingerprint density at radius 1 is 0.667 bits per heavy atom. The maximum atomic E-state index is 3.63. The van der Waals surface area contributed by atoms with Crippen molar-refractivity contribution in [1.29, 1.82) is 0 Å². The largest absolute Gasteiger partial charge is 0.106 e. The summed E-state index contributed by atoms with van der Waals surface area (Å²) in [7, 11) is 0. The van der Waals surface area contributed by atoms with Gasteiger partial charge in [0.15, 0.2) is 0 Å². The van der Waals surface area contributed by atoms with Crippen LogP contribution < -0.4 is 0 Å². The highest BCUT2D eigenvalue weighted by atomic mass is 13.8. The maximum absolute atomic E-state index is 3.63. The molecule has 2 rings (SSSR count). The molecule has 0 bridgehead atoms. The highest BCUT2D eigenvalue weighted by molar-refractivity contribution is 5.45. The van der Waals surface area contributed by atoms with E-state index < -0.39 is 0 Å². The standard InChI is InChI=1S/C8H8.C6H6.C4H8.C4H6.C2H4/c1-2-8-6-4-3-5-7-8;1-2-4-6-5-3-1;1-4(2)3;1-3-4-2;1-2/h2-7H,1H2;1-6H;1H2,2-3H3;3-4H,1-2H2;1-2H2. The summed E-state index contributed by atoms with van der Waals surface area (Å²) in [6.07, 6.45) is 5.11. The van der Waals surface area contributed by atoms with Gasteiger partial charge in [0.2, 0.25) is 0 Å². The first kappa shape index (κ1) is 26.1. The molecule has 128 valence electrons. The lowest BCUT2D eigenvalue weighted by Gasteiger charge is -1.85. The highest BCUT2D eigenvalue weighted by Gasteiger charge is 1.75. The summed E-state index contributed by atoms with van der Waals surface area (Å²) in [4.78, 5) is 0. The van der Waals surface area contributed by atoms with Gasteiger partial charge in [0, 0.05) is 0 Å². The smallest absolute Gasteiger partial charge is 0.0263 e. The van der Waals surface area contributed by atoms with Crippen LogP contribution in [0.15, 0.2) is 124 Å². The van der Waals surface area contributed by atoms with Crippen LogP contribution in [0, 0.1) is 0 Å². The fraction of sp³-hybridized carbons (Fsp3) is 0.0833. The van der Waals surface area contributed by atoms with Gasteiger partial charge in [-0.25, -0.2) is 0 Å². The molecule has 0 aliphatic carbocycles. The van der Waals surface area contributed by atoms with Crippen LogP contribution in [0.25, 0.3) is 6.08 Å². The van der Waals surface area contributed by atoms with Crippen molar-refractivity contribution < 1.29 is 0 Å². The maximum Gasteiger partial charge on any atom is -0.0263 e. The van der Waals surface area contributed by atoms with E-state index in [0.29, 0.717) is 0 Å². The summed E-state index contributed by atoms with van der Waals surface area (Å²) in [6.45, 7) is 23.9. The molecular formula is C24H32. The second-order valence-corrected chi connectivity index (χ2v) is 4.45. The van der Waals surface area contributed by atoms with Crippen molar-refractivity contribution in [1.82, 2.24) is 0 Å². The Hall–Kier alpha value is -2.86. The molecule has 0 amide bonds. The SMILES string of the molecule is C=C.C=C(C)C.C=CC=C.C=Cc1ccccc1.c1ccccc1. The van der Waals surface area contributed by atoms with E-state index in [-0.39, 0.29) is 0 Å². The third-order valence-corrected chi connectivity index (χ3v) is 1.87. The summed E-state index contributed by atoms with van der Waals surface area (Å²) >= 11 is 0. The average Bonchev–Trinajstić information content (AvgIpc) is 2.66. The van der Waals surface area contributed by atoms with Crippen LogP contribution in [0.5, 0.6) is 0 Å². The fourth-order valence-electron chi connectivity index (χ4n) is 0.974. The lowest BCUT2D eigenvalue weighted by atomic mass is 10.2. The van der Waals surface area contributed by atoms with Gasteiger partial charge < -0.3 is 0 Å². The summed E-state index contributed by atoms with van der Waals surface area (Å²) in [5, 5.41) is 0. The normalized spacial score (nSPS) is 6.92. The van der Waals surface area contributed by atoms with Crippen molar-refractivity contribution in [3.63, 3.8) is 0 Å². The van der Waals surface area contributed by atoms with E-state index in [4.69, 9.17) is 0 Å². The highest BCUT2D eigenvalue weighted by Crippen LogP contribution is 1.97. The van der Waals surface area contributed by atoms with Gasteiger partial charge in [0.05, 0.1) is 0 Å². The predicted octanol–water partition coefficient (Wildman–Crippen LogP) is 7.76. The monoisotopic (exact) mass is 320 g/mol. The molecule has 0 fully saturated rings. The van der Waals surface area contributed by atoms with E-state index in [2.05, 4.69) is 39.5 Å². The molecule has 0 atom stereocenters. The number of hydrogen-bond donors (Lipinski definition) is 0. The fourth-order valence-corrected chi connectivity index (χ4v) is 0.974. The second kappa shape index (κ2) is 25.1. The van der Waals surface area contributed by atoms with E-state index in [0.717, 1.165) is 0 Å². The van der Waals surface area contributed by atoms with Crippen molar-refractivity contribution in [2.75, 3.05) is 0 Å². The van der Waals surface area contributed by atoms with Crippen molar-refractivity contribution >= 4 is 6.08 Å². The zero-order chi connectivity index (χ0) is 19.1. The third kappa shape index (κ3) is 31.5. The first-order valence-corrected chi connectivity index (χ1v) is 7.61.